The molecule has 186 valence electrons. The highest BCUT2D eigenvalue weighted by atomic mass is 32.1. The van der Waals surface area contributed by atoms with Gasteiger partial charge < -0.3 is 9.40 Å². The van der Waals surface area contributed by atoms with Gasteiger partial charge in [-0.2, -0.15) is 0 Å². The molecule has 1 unspecified atom stereocenters. The van der Waals surface area contributed by atoms with Crippen LogP contribution in [0.5, 0.6) is 0 Å². The summed E-state index contributed by atoms with van der Waals surface area (Å²) < 4.78 is 7.55. The van der Waals surface area contributed by atoms with Crippen molar-refractivity contribution in [2.24, 2.45) is 0 Å². The summed E-state index contributed by atoms with van der Waals surface area (Å²) in [4.78, 5) is 20.2. The van der Waals surface area contributed by atoms with E-state index >= 15 is 0 Å². The zero-order valence-corrected chi connectivity index (χ0v) is 22.0. The molecule has 1 N–H and O–H groups in total. The Morgan fingerprint density at radius 2 is 1.97 bits per heavy atom. The zero-order chi connectivity index (χ0) is 25.4. The third kappa shape index (κ3) is 4.76. The summed E-state index contributed by atoms with van der Waals surface area (Å²) in [7, 11) is 0. The number of furan rings is 1. The van der Waals surface area contributed by atoms with E-state index in [0.717, 1.165) is 27.8 Å². The van der Waals surface area contributed by atoms with Crippen molar-refractivity contribution in [3.05, 3.63) is 97.6 Å². The molecule has 5 rings (SSSR count). The minimum Gasteiger partial charge on any atom is -0.468 e. The maximum atomic E-state index is 13.7. The maximum Gasteiger partial charge on any atom is 0.253 e. The van der Waals surface area contributed by atoms with Gasteiger partial charge in [-0.25, -0.2) is 4.68 Å². The van der Waals surface area contributed by atoms with E-state index in [1.807, 2.05) is 35.9 Å². The zero-order valence-electron chi connectivity index (χ0n) is 21.1. The fourth-order valence-corrected chi connectivity index (χ4v) is 5.42. The Balaban J connectivity index is 1.74. The van der Waals surface area contributed by atoms with Crippen LogP contribution >= 0.6 is 11.3 Å². The van der Waals surface area contributed by atoms with Crippen molar-refractivity contribution >= 4 is 22.2 Å². The van der Waals surface area contributed by atoms with Gasteiger partial charge in [0.05, 0.1) is 23.9 Å². The minimum atomic E-state index is -0.514. The third-order valence-corrected chi connectivity index (χ3v) is 7.09. The molecule has 9 heteroatoms. The summed E-state index contributed by atoms with van der Waals surface area (Å²) in [6, 6.07) is 13.6. The minimum absolute atomic E-state index is 0.154. The molecule has 1 aromatic carbocycles. The number of H-pyrrole nitrogens is 1. The third-order valence-electron chi connectivity index (χ3n) is 6.23. The fourth-order valence-electron chi connectivity index (χ4n) is 4.69. The molecule has 0 bridgehead atoms. The number of aromatic nitrogens is 5. The Hall–Kier alpha value is -3.56. The molecule has 0 saturated carbocycles. The molecule has 0 spiro atoms. The highest BCUT2D eigenvalue weighted by Crippen LogP contribution is 2.33. The number of hydrogen-bond donors (Lipinski definition) is 1. The first-order valence-electron chi connectivity index (χ1n) is 11.9. The Bertz CT molecular complexity index is 1490. The second-order valence-corrected chi connectivity index (χ2v) is 11.2. The van der Waals surface area contributed by atoms with Crippen LogP contribution in [0.15, 0.2) is 63.3 Å². The molecule has 0 aliphatic carbocycles. The summed E-state index contributed by atoms with van der Waals surface area (Å²) in [6.07, 6.45) is 1.67. The highest BCUT2D eigenvalue weighted by Gasteiger charge is 2.34. The predicted octanol–water partition coefficient (Wildman–Crippen LogP) is 5.33. The maximum absolute atomic E-state index is 13.7. The standard InChI is InChI=1S/C27H30N6O2S/c1-17-12-18(2)23-19(13-17)14-22(26(34)28-23)24(25-29-30-31-33(25)27(3,4)5)32(15-20-8-6-10-35-20)16-21-9-7-11-36-21/h6-14,24H,15-16H2,1-5H3,(H,28,34). The van der Waals surface area contributed by atoms with Crippen molar-refractivity contribution < 1.29 is 4.42 Å². The van der Waals surface area contributed by atoms with Gasteiger partial charge in [0.2, 0.25) is 0 Å². The topological polar surface area (TPSA) is 92.8 Å². The molecule has 36 heavy (non-hydrogen) atoms. The summed E-state index contributed by atoms with van der Waals surface area (Å²) in [6.45, 7) is 11.3. The van der Waals surface area contributed by atoms with Gasteiger partial charge in [0.25, 0.3) is 5.56 Å². The second-order valence-electron chi connectivity index (χ2n) is 10.2. The average molecular weight is 503 g/mol. The average Bonchev–Trinajstić information content (AvgIpc) is 3.57. The largest absolute Gasteiger partial charge is 0.468 e. The van der Waals surface area contributed by atoms with Crippen LogP contribution in [0.2, 0.25) is 0 Å². The Morgan fingerprint density at radius 1 is 1.14 bits per heavy atom. The van der Waals surface area contributed by atoms with Gasteiger partial charge in [0.1, 0.15) is 11.8 Å². The lowest BCUT2D eigenvalue weighted by Crippen LogP contribution is -2.37. The van der Waals surface area contributed by atoms with Gasteiger partial charge in [0, 0.05) is 17.0 Å². The van der Waals surface area contributed by atoms with Crippen LogP contribution in [0.25, 0.3) is 10.9 Å². The van der Waals surface area contributed by atoms with Crippen molar-refractivity contribution in [2.75, 3.05) is 0 Å². The molecule has 0 aliphatic heterocycles. The van der Waals surface area contributed by atoms with Crippen LogP contribution in [0, 0.1) is 13.8 Å². The number of tetrazole rings is 1. The molecule has 0 fully saturated rings. The van der Waals surface area contributed by atoms with E-state index in [-0.39, 0.29) is 11.1 Å². The van der Waals surface area contributed by atoms with Crippen molar-refractivity contribution in [3.63, 3.8) is 0 Å². The fraction of sp³-hybridized carbons (Fsp3) is 0.333. The second kappa shape index (κ2) is 9.48. The number of pyridine rings is 1. The number of fused-ring (bicyclic) bond motifs is 1. The normalized spacial score (nSPS) is 13.1. The van der Waals surface area contributed by atoms with E-state index < -0.39 is 6.04 Å². The molecular formula is C27H30N6O2S. The van der Waals surface area contributed by atoms with E-state index in [4.69, 9.17) is 4.42 Å². The monoisotopic (exact) mass is 502 g/mol. The summed E-state index contributed by atoms with van der Waals surface area (Å²) in [5.41, 5.74) is 3.08. The van der Waals surface area contributed by atoms with Gasteiger partial charge in [-0.05, 0) is 91.7 Å². The number of hydrogen-bond acceptors (Lipinski definition) is 7. The van der Waals surface area contributed by atoms with Crippen LogP contribution in [-0.4, -0.2) is 30.1 Å². The molecule has 8 nitrogen and oxygen atoms in total. The Labute approximate surface area is 213 Å². The number of benzene rings is 1. The number of nitrogens with zero attached hydrogens (tertiary/aromatic N) is 5. The lowest BCUT2D eigenvalue weighted by atomic mass is 9.99. The number of rotatable bonds is 7. The van der Waals surface area contributed by atoms with Crippen LogP contribution < -0.4 is 5.56 Å². The van der Waals surface area contributed by atoms with Gasteiger partial charge in [-0.1, -0.05) is 17.7 Å². The van der Waals surface area contributed by atoms with Crippen LogP contribution in [0.3, 0.4) is 0 Å². The molecule has 0 amide bonds. The first-order valence-corrected chi connectivity index (χ1v) is 12.8. The molecular weight excluding hydrogens is 472 g/mol. The summed E-state index contributed by atoms with van der Waals surface area (Å²) >= 11 is 1.68. The first-order chi connectivity index (χ1) is 17.2. The number of thiophene rings is 1. The molecule has 5 aromatic rings. The Kier molecular flexibility index (Phi) is 6.36. The van der Waals surface area contributed by atoms with Gasteiger partial charge in [0.15, 0.2) is 5.82 Å². The predicted molar refractivity (Wildman–Crippen MR) is 141 cm³/mol. The Morgan fingerprint density at radius 3 is 2.67 bits per heavy atom. The molecule has 4 heterocycles. The number of aromatic amines is 1. The first kappa shape index (κ1) is 24.1. The van der Waals surface area contributed by atoms with Crippen LogP contribution in [0.4, 0.5) is 0 Å². The van der Waals surface area contributed by atoms with E-state index in [2.05, 4.69) is 76.7 Å². The SMILES string of the molecule is Cc1cc(C)c2[nH]c(=O)c(C(c3nnnn3C(C)(C)C)N(Cc3ccco3)Cc3cccs3)cc2c1. The van der Waals surface area contributed by atoms with Crippen molar-refractivity contribution in [2.45, 2.75) is 59.3 Å². The summed E-state index contributed by atoms with van der Waals surface area (Å²) in [5, 5.41) is 15.9. The molecule has 0 saturated heterocycles. The molecule has 0 aliphatic rings. The lowest BCUT2D eigenvalue weighted by molar-refractivity contribution is 0.173. The van der Waals surface area contributed by atoms with Crippen LogP contribution in [-0.2, 0) is 18.6 Å². The smallest absolute Gasteiger partial charge is 0.253 e. The molecule has 0 radical (unpaired) electrons. The molecule has 4 aromatic heterocycles. The summed E-state index contributed by atoms with van der Waals surface area (Å²) in [5.74, 6) is 1.41. The van der Waals surface area contributed by atoms with E-state index in [0.29, 0.717) is 24.5 Å². The van der Waals surface area contributed by atoms with E-state index in [1.165, 1.54) is 4.88 Å². The van der Waals surface area contributed by atoms with Gasteiger partial charge in [-0.15, -0.1) is 16.4 Å². The van der Waals surface area contributed by atoms with Crippen molar-refractivity contribution in [3.8, 4) is 0 Å². The number of aryl methyl sites for hydroxylation is 2. The quantitative estimate of drug-likeness (QED) is 0.323. The van der Waals surface area contributed by atoms with Gasteiger partial charge in [-0.3, -0.25) is 9.69 Å². The van der Waals surface area contributed by atoms with Crippen molar-refractivity contribution in [1.82, 2.24) is 30.1 Å². The van der Waals surface area contributed by atoms with E-state index in [9.17, 15) is 4.79 Å². The van der Waals surface area contributed by atoms with Crippen molar-refractivity contribution in [1.29, 1.82) is 0 Å². The molecule has 1 atom stereocenters. The van der Waals surface area contributed by atoms with Gasteiger partial charge >= 0.3 is 0 Å². The highest BCUT2D eigenvalue weighted by molar-refractivity contribution is 7.09. The van der Waals surface area contributed by atoms with E-state index in [1.54, 1.807) is 17.6 Å². The number of nitrogens with one attached hydrogen (secondary N) is 1. The lowest BCUT2D eigenvalue weighted by Gasteiger charge is -2.32. The van der Waals surface area contributed by atoms with Crippen LogP contribution in [0.1, 0.15) is 60.0 Å².